The molecule has 0 spiro atoms. The molecule has 1 saturated heterocycles. The molecule has 174 valence electrons. The molecule has 1 atom stereocenters. The third-order valence-corrected chi connectivity index (χ3v) is 6.18. The van der Waals surface area contributed by atoms with Gasteiger partial charge in [-0.25, -0.2) is 9.69 Å². The first-order chi connectivity index (χ1) is 15.6. The van der Waals surface area contributed by atoms with Gasteiger partial charge in [-0.1, -0.05) is 25.1 Å². The Morgan fingerprint density at radius 1 is 1.06 bits per heavy atom. The van der Waals surface area contributed by atoms with Crippen LogP contribution >= 0.6 is 0 Å². The molecule has 0 N–H and O–H groups in total. The number of esters is 1. The van der Waals surface area contributed by atoms with E-state index in [0.29, 0.717) is 23.2 Å². The van der Waals surface area contributed by atoms with Crippen LogP contribution in [0.15, 0.2) is 48.5 Å². The van der Waals surface area contributed by atoms with E-state index in [-0.39, 0.29) is 24.8 Å². The minimum Gasteiger partial charge on any atom is -0.462 e. The summed E-state index contributed by atoms with van der Waals surface area (Å²) in [5.41, 5.74) is 1.36. The maximum absolute atomic E-state index is 13.6. The number of benzene rings is 2. The fourth-order valence-electron chi connectivity index (χ4n) is 4.00. The van der Waals surface area contributed by atoms with E-state index in [4.69, 9.17) is 4.74 Å². The molecule has 1 heterocycles. The van der Waals surface area contributed by atoms with Gasteiger partial charge in [-0.3, -0.25) is 14.4 Å². The molecule has 1 aliphatic heterocycles. The van der Waals surface area contributed by atoms with Gasteiger partial charge in [-0.2, -0.15) is 0 Å². The van der Waals surface area contributed by atoms with E-state index in [2.05, 4.69) is 0 Å². The molecule has 0 bridgehead atoms. The summed E-state index contributed by atoms with van der Waals surface area (Å²) in [4.78, 5) is 54.6. The molecule has 0 saturated carbocycles. The fourth-order valence-corrected chi connectivity index (χ4v) is 4.00. The van der Waals surface area contributed by atoms with E-state index in [0.717, 1.165) is 10.5 Å². The van der Waals surface area contributed by atoms with E-state index in [1.54, 1.807) is 36.1 Å². The largest absolute Gasteiger partial charge is 0.462 e. The molecule has 1 fully saturated rings. The van der Waals surface area contributed by atoms with Crippen LogP contribution in [0.5, 0.6) is 0 Å². The Hall–Kier alpha value is -3.48. The Kier molecular flexibility index (Phi) is 7.01. The first-order valence-corrected chi connectivity index (χ1v) is 11.2. The van der Waals surface area contributed by atoms with E-state index in [9.17, 15) is 19.2 Å². The van der Waals surface area contributed by atoms with Gasteiger partial charge < -0.3 is 9.64 Å². The first-order valence-electron chi connectivity index (χ1n) is 11.2. The number of amides is 3. The zero-order chi connectivity index (χ0) is 24.3. The Labute approximate surface area is 194 Å². The van der Waals surface area contributed by atoms with Crippen molar-refractivity contribution in [2.75, 3.05) is 11.5 Å². The van der Waals surface area contributed by atoms with Crippen LogP contribution in [0, 0.1) is 6.92 Å². The van der Waals surface area contributed by atoms with Crippen molar-refractivity contribution in [3.05, 3.63) is 65.2 Å². The Bertz CT molecular complexity index is 1070. The summed E-state index contributed by atoms with van der Waals surface area (Å²) in [7, 11) is 0. The van der Waals surface area contributed by atoms with Crippen LogP contribution in [-0.2, 0) is 14.3 Å². The lowest BCUT2D eigenvalue weighted by Gasteiger charge is -2.41. The number of hydrogen-bond acceptors (Lipinski definition) is 5. The Balaban J connectivity index is 1.95. The first kappa shape index (κ1) is 24.2. The molecule has 7 heteroatoms. The molecular formula is C26H30N2O5. The van der Waals surface area contributed by atoms with Crippen LogP contribution in [0.2, 0.25) is 0 Å². The van der Waals surface area contributed by atoms with Crippen molar-refractivity contribution in [3.63, 3.8) is 0 Å². The van der Waals surface area contributed by atoms with Gasteiger partial charge in [0.2, 0.25) is 5.91 Å². The molecule has 3 rings (SSSR count). The summed E-state index contributed by atoms with van der Waals surface area (Å²) >= 11 is 0. The number of carbonyl (C=O) groups is 4. The van der Waals surface area contributed by atoms with Crippen LogP contribution in [0.4, 0.5) is 5.69 Å². The number of imide groups is 1. The maximum atomic E-state index is 13.6. The van der Waals surface area contributed by atoms with Gasteiger partial charge in [-0.05, 0) is 70.0 Å². The SMILES string of the molecule is CCOC(=O)c1ccc(N2C(=O)CC(N(C(=O)c3ccccc3C)C(C)(C)CC)C2=O)cc1. The molecule has 2 aromatic carbocycles. The molecule has 2 aromatic rings. The van der Waals surface area contributed by atoms with Crippen molar-refractivity contribution in [1.29, 1.82) is 0 Å². The molecule has 3 amide bonds. The van der Waals surface area contributed by atoms with Gasteiger partial charge in [0.1, 0.15) is 6.04 Å². The number of nitrogens with zero attached hydrogens (tertiary/aromatic N) is 2. The minimum atomic E-state index is -0.913. The molecule has 33 heavy (non-hydrogen) atoms. The quantitative estimate of drug-likeness (QED) is 0.468. The molecule has 1 aliphatic rings. The van der Waals surface area contributed by atoms with Crippen LogP contribution in [-0.4, -0.2) is 46.8 Å². The monoisotopic (exact) mass is 450 g/mol. The van der Waals surface area contributed by atoms with Crippen LogP contribution in [0.1, 0.15) is 66.8 Å². The Morgan fingerprint density at radius 3 is 2.27 bits per heavy atom. The predicted molar refractivity (Wildman–Crippen MR) is 125 cm³/mol. The molecule has 0 aromatic heterocycles. The van der Waals surface area contributed by atoms with E-state index in [1.165, 1.54) is 12.1 Å². The van der Waals surface area contributed by atoms with Crippen molar-refractivity contribution in [1.82, 2.24) is 4.90 Å². The number of aryl methyl sites for hydroxylation is 1. The number of ether oxygens (including phenoxy) is 1. The van der Waals surface area contributed by atoms with Gasteiger partial charge in [-0.15, -0.1) is 0 Å². The summed E-state index contributed by atoms with van der Waals surface area (Å²) in [6.45, 7) is 9.57. The molecular weight excluding hydrogens is 420 g/mol. The van der Waals surface area contributed by atoms with Crippen LogP contribution in [0.25, 0.3) is 0 Å². The van der Waals surface area contributed by atoms with Gasteiger partial charge in [0.15, 0.2) is 0 Å². The number of anilines is 1. The second-order valence-corrected chi connectivity index (χ2v) is 8.71. The highest BCUT2D eigenvalue weighted by Crippen LogP contribution is 2.33. The van der Waals surface area contributed by atoms with E-state index in [1.807, 2.05) is 39.8 Å². The second-order valence-electron chi connectivity index (χ2n) is 8.71. The van der Waals surface area contributed by atoms with Crippen molar-refractivity contribution in [2.45, 2.75) is 59.0 Å². The molecule has 7 nitrogen and oxygen atoms in total. The van der Waals surface area contributed by atoms with Crippen LogP contribution < -0.4 is 4.90 Å². The van der Waals surface area contributed by atoms with Crippen molar-refractivity contribution in [3.8, 4) is 0 Å². The zero-order valence-corrected chi connectivity index (χ0v) is 19.8. The highest BCUT2D eigenvalue weighted by atomic mass is 16.5. The maximum Gasteiger partial charge on any atom is 0.338 e. The van der Waals surface area contributed by atoms with Gasteiger partial charge in [0, 0.05) is 11.1 Å². The Morgan fingerprint density at radius 2 is 1.70 bits per heavy atom. The smallest absolute Gasteiger partial charge is 0.338 e. The second kappa shape index (κ2) is 9.57. The molecule has 1 unspecified atom stereocenters. The third kappa shape index (κ3) is 4.67. The lowest BCUT2D eigenvalue weighted by molar-refractivity contribution is -0.123. The number of carbonyl (C=O) groups excluding carboxylic acids is 4. The highest BCUT2D eigenvalue weighted by molar-refractivity contribution is 6.23. The topological polar surface area (TPSA) is 84.0 Å². The predicted octanol–water partition coefficient (Wildman–Crippen LogP) is 4.13. The van der Waals surface area contributed by atoms with E-state index < -0.39 is 23.5 Å². The van der Waals surface area contributed by atoms with Gasteiger partial charge >= 0.3 is 5.97 Å². The van der Waals surface area contributed by atoms with Gasteiger partial charge in [0.25, 0.3) is 11.8 Å². The zero-order valence-electron chi connectivity index (χ0n) is 19.8. The summed E-state index contributed by atoms with van der Waals surface area (Å²) in [6.07, 6.45) is 0.510. The average molecular weight is 451 g/mol. The normalized spacial score (nSPS) is 16.2. The number of hydrogen-bond donors (Lipinski definition) is 0. The standard InChI is InChI=1S/C26H30N2O5/c1-6-26(4,5)28(23(30)20-11-9-8-10-17(20)3)21-16-22(29)27(24(21)31)19-14-12-18(13-15-19)25(32)33-7-2/h8-15,21H,6-7,16H2,1-5H3. The summed E-state index contributed by atoms with van der Waals surface area (Å²) in [5, 5.41) is 0. The van der Waals surface area contributed by atoms with Crippen LogP contribution in [0.3, 0.4) is 0 Å². The van der Waals surface area contributed by atoms with Crippen molar-refractivity contribution >= 4 is 29.4 Å². The third-order valence-electron chi connectivity index (χ3n) is 6.18. The highest BCUT2D eigenvalue weighted by Gasteiger charge is 2.48. The van der Waals surface area contributed by atoms with Crippen molar-refractivity contribution in [2.24, 2.45) is 0 Å². The average Bonchev–Trinajstić information content (AvgIpc) is 3.07. The molecule has 0 aliphatic carbocycles. The molecule has 0 radical (unpaired) electrons. The lowest BCUT2D eigenvalue weighted by atomic mass is 9.94. The summed E-state index contributed by atoms with van der Waals surface area (Å²) in [5.74, 6) is -1.58. The lowest BCUT2D eigenvalue weighted by Crippen LogP contribution is -2.55. The van der Waals surface area contributed by atoms with Gasteiger partial charge in [0.05, 0.1) is 24.3 Å². The summed E-state index contributed by atoms with van der Waals surface area (Å²) in [6, 6.07) is 12.5. The summed E-state index contributed by atoms with van der Waals surface area (Å²) < 4.78 is 4.98. The van der Waals surface area contributed by atoms with Crippen molar-refractivity contribution < 1.29 is 23.9 Å². The van der Waals surface area contributed by atoms with E-state index >= 15 is 0 Å². The fraction of sp³-hybridized carbons (Fsp3) is 0.385. The minimum absolute atomic E-state index is 0.0977. The number of rotatable bonds is 7.